The molecular weight excluding hydrogens is 328 g/mol. The van der Waals surface area contributed by atoms with Gasteiger partial charge >= 0.3 is 0 Å². The molecule has 0 saturated carbocycles. The summed E-state index contributed by atoms with van der Waals surface area (Å²) in [5.41, 5.74) is 3.29. The van der Waals surface area contributed by atoms with Crippen molar-refractivity contribution in [3.8, 4) is 11.5 Å². The Morgan fingerprint density at radius 1 is 1.12 bits per heavy atom. The minimum atomic E-state index is -0.402. The molecule has 6 heteroatoms. The summed E-state index contributed by atoms with van der Waals surface area (Å²) < 4.78 is 10.5. The van der Waals surface area contributed by atoms with Crippen molar-refractivity contribution in [3.05, 3.63) is 65.2 Å². The summed E-state index contributed by atoms with van der Waals surface area (Å²) in [6.45, 7) is -0.183. The van der Waals surface area contributed by atoms with E-state index in [-0.39, 0.29) is 6.61 Å². The Bertz CT molecular complexity index is 730. The molecule has 0 bridgehead atoms. The van der Waals surface area contributed by atoms with Gasteiger partial charge in [0.15, 0.2) is 18.1 Å². The highest BCUT2D eigenvalue weighted by molar-refractivity contribution is 6.41. The predicted molar refractivity (Wildman–Crippen MR) is 95.4 cm³/mol. The third kappa shape index (κ3) is 5.78. The maximum Gasteiger partial charge on any atom is 0.277 e. The number of para-hydroxylation sites is 2. The Morgan fingerprint density at radius 2 is 1.79 bits per heavy atom. The molecule has 2 rings (SSSR count). The van der Waals surface area contributed by atoms with Crippen molar-refractivity contribution in [1.82, 2.24) is 5.43 Å². The van der Waals surface area contributed by atoms with E-state index in [9.17, 15) is 4.79 Å². The normalized spacial score (nSPS) is 11.3. The molecular formula is C18H17ClN2O3. The predicted octanol–water partition coefficient (Wildman–Crippen LogP) is 3.46. The van der Waals surface area contributed by atoms with Crippen LogP contribution in [0.5, 0.6) is 11.5 Å². The molecule has 0 radical (unpaired) electrons. The van der Waals surface area contributed by atoms with Gasteiger partial charge < -0.3 is 9.47 Å². The van der Waals surface area contributed by atoms with Crippen molar-refractivity contribution in [2.75, 3.05) is 13.7 Å². The largest absolute Gasteiger partial charge is 0.493 e. The maximum atomic E-state index is 11.7. The highest BCUT2D eigenvalue weighted by Crippen LogP contribution is 2.25. The van der Waals surface area contributed by atoms with E-state index in [4.69, 9.17) is 21.1 Å². The van der Waals surface area contributed by atoms with Crippen LogP contribution in [0.25, 0.3) is 6.08 Å². The first kappa shape index (κ1) is 17.6. The molecule has 0 spiro atoms. The van der Waals surface area contributed by atoms with E-state index < -0.39 is 5.91 Å². The van der Waals surface area contributed by atoms with Gasteiger partial charge in [0.05, 0.1) is 18.4 Å². The van der Waals surface area contributed by atoms with Gasteiger partial charge in [0.25, 0.3) is 5.91 Å². The number of amides is 1. The van der Waals surface area contributed by atoms with E-state index in [1.54, 1.807) is 24.3 Å². The van der Waals surface area contributed by atoms with Crippen LogP contribution in [0.15, 0.2) is 64.7 Å². The molecule has 0 aromatic heterocycles. The van der Waals surface area contributed by atoms with Crippen LogP contribution in [0.1, 0.15) is 5.56 Å². The fourth-order valence-electron chi connectivity index (χ4n) is 1.83. The van der Waals surface area contributed by atoms with Crippen LogP contribution in [0.3, 0.4) is 0 Å². The fraction of sp³-hybridized carbons (Fsp3) is 0.111. The lowest BCUT2D eigenvalue weighted by molar-refractivity contribution is -0.123. The van der Waals surface area contributed by atoms with Gasteiger partial charge in [-0.15, -0.1) is 0 Å². The number of carbonyl (C=O) groups excluding carboxylic acids is 1. The summed E-state index contributed by atoms with van der Waals surface area (Å²) in [7, 11) is 1.54. The molecule has 1 amide bonds. The van der Waals surface area contributed by atoms with Crippen molar-refractivity contribution >= 4 is 29.8 Å². The van der Waals surface area contributed by atoms with Gasteiger partial charge in [-0.2, -0.15) is 5.10 Å². The van der Waals surface area contributed by atoms with Gasteiger partial charge in [0.2, 0.25) is 0 Å². The first-order valence-electron chi connectivity index (χ1n) is 7.19. The number of hydrogen-bond donors (Lipinski definition) is 1. The number of hydrazone groups is 1. The van der Waals surface area contributed by atoms with Gasteiger partial charge in [-0.05, 0) is 23.8 Å². The SMILES string of the molecule is COc1ccccc1OCC(=O)N/N=C\C(Cl)=C\c1ccccc1. The molecule has 2 aromatic carbocycles. The first-order chi connectivity index (χ1) is 11.7. The summed E-state index contributed by atoms with van der Waals surface area (Å²) in [4.78, 5) is 11.7. The van der Waals surface area contributed by atoms with E-state index in [2.05, 4.69) is 10.5 Å². The Balaban J connectivity index is 1.81. The third-order valence-corrected chi connectivity index (χ3v) is 3.12. The molecule has 0 saturated heterocycles. The molecule has 0 aliphatic rings. The molecule has 24 heavy (non-hydrogen) atoms. The second kappa shape index (κ2) is 9.37. The average Bonchev–Trinajstić information content (AvgIpc) is 2.61. The minimum Gasteiger partial charge on any atom is -0.493 e. The summed E-state index contributed by atoms with van der Waals surface area (Å²) in [6, 6.07) is 16.6. The molecule has 124 valence electrons. The molecule has 0 heterocycles. The number of rotatable bonds is 7. The number of nitrogens with zero attached hydrogens (tertiary/aromatic N) is 1. The zero-order chi connectivity index (χ0) is 17.2. The molecule has 0 fully saturated rings. The van der Waals surface area contributed by atoms with Gasteiger partial charge in [-0.3, -0.25) is 4.79 Å². The smallest absolute Gasteiger partial charge is 0.277 e. The number of halogens is 1. The lowest BCUT2D eigenvalue weighted by atomic mass is 10.2. The van der Waals surface area contributed by atoms with Crippen LogP contribution in [-0.2, 0) is 4.79 Å². The Kier molecular flexibility index (Phi) is 6.86. The Morgan fingerprint density at radius 3 is 2.50 bits per heavy atom. The number of benzene rings is 2. The number of nitrogens with one attached hydrogen (secondary N) is 1. The molecule has 1 N–H and O–H groups in total. The first-order valence-corrected chi connectivity index (χ1v) is 7.57. The molecule has 0 atom stereocenters. The quantitative estimate of drug-likeness (QED) is 0.618. The summed E-state index contributed by atoms with van der Waals surface area (Å²) in [6.07, 6.45) is 3.10. The van der Waals surface area contributed by atoms with Crippen molar-refractivity contribution in [2.45, 2.75) is 0 Å². The zero-order valence-corrected chi connectivity index (χ0v) is 13.9. The molecule has 0 aliphatic heterocycles. The molecule has 5 nitrogen and oxygen atoms in total. The number of carbonyl (C=O) groups is 1. The third-order valence-electron chi connectivity index (χ3n) is 2.91. The van der Waals surface area contributed by atoms with Crippen LogP contribution in [-0.4, -0.2) is 25.8 Å². The van der Waals surface area contributed by atoms with E-state index >= 15 is 0 Å². The van der Waals surface area contributed by atoms with E-state index in [1.807, 2.05) is 36.4 Å². The second-order valence-corrected chi connectivity index (χ2v) is 5.11. The second-order valence-electron chi connectivity index (χ2n) is 4.67. The summed E-state index contributed by atoms with van der Waals surface area (Å²) in [5.74, 6) is 0.644. The lowest BCUT2D eigenvalue weighted by Crippen LogP contribution is -2.24. The zero-order valence-electron chi connectivity index (χ0n) is 13.1. The average molecular weight is 345 g/mol. The lowest BCUT2D eigenvalue weighted by Gasteiger charge is -2.09. The van der Waals surface area contributed by atoms with Crippen molar-refractivity contribution in [3.63, 3.8) is 0 Å². The number of methoxy groups -OCH3 is 1. The number of hydrogen-bond acceptors (Lipinski definition) is 4. The Labute approximate surface area is 145 Å². The standard InChI is InChI=1S/C18H17ClN2O3/c1-23-16-9-5-6-10-17(16)24-13-18(22)21-20-12-15(19)11-14-7-3-2-4-8-14/h2-12H,13H2,1H3,(H,21,22)/b15-11-,20-12-. The van der Waals surface area contributed by atoms with Crippen LogP contribution in [0, 0.1) is 0 Å². The van der Waals surface area contributed by atoms with Crippen LogP contribution in [0.4, 0.5) is 0 Å². The summed E-state index contributed by atoms with van der Waals surface area (Å²) in [5, 5.41) is 4.18. The highest BCUT2D eigenvalue weighted by atomic mass is 35.5. The van der Waals surface area contributed by atoms with Crippen molar-refractivity contribution in [2.24, 2.45) is 5.10 Å². The van der Waals surface area contributed by atoms with Gasteiger partial charge in [-0.1, -0.05) is 54.1 Å². The molecule has 0 unspecified atom stereocenters. The van der Waals surface area contributed by atoms with E-state index in [0.29, 0.717) is 16.5 Å². The minimum absolute atomic E-state index is 0.183. The van der Waals surface area contributed by atoms with Crippen molar-refractivity contribution < 1.29 is 14.3 Å². The van der Waals surface area contributed by atoms with E-state index in [0.717, 1.165) is 5.56 Å². The molecule has 2 aromatic rings. The van der Waals surface area contributed by atoms with Crippen molar-refractivity contribution in [1.29, 1.82) is 0 Å². The van der Waals surface area contributed by atoms with Gasteiger partial charge in [0.1, 0.15) is 0 Å². The topological polar surface area (TPSA) is 59.9 Å². The maximum absolute atomic E-state index is 11.7. The van der Waals surface area contributed by atoms with Gasteiger partial charge in [0, 0.05) is 0 Å². The monoisotopic (exact) mass is 344 g/mol. The van der Waals surface area contributed by atoms with Crippen LogP contribution >= 0.6 is 11.6 Å². The number of ether oxygens (including phenoxy) is 2. The van der Waals surface area contributed by atoms with Crippen LogP contribution < -0.4 is 14.9 Å². The highest BCUT2D eigenvalue weighted by Gasteiger charge is 2.05. The van der Waals surface area contributed by atoms with Gasteiger partial charge in [-0.25, -0.2) is 5.43 Å². The Hall–Kier alpha value is -2.79. The summed E-state index contributed by atoms with van der Waals surface area (Å²) >= 11 is 6.02. The fourth-order valence-corrected chi connectivity index (χ4v) is 2.00. The molecule has 0 aliphatic carbocycles. The van der Waals surface area contributed by atoms with E-state index in [1.165, 1.54) is 13.3 Å². The number of allylic oxidation sites excluding steroid dienone is 1. The van der Waals surface area contributed by atoms with Crippen LogP contribution in [0.2, 0.25) is 0 Å².